The smallest absolute Gasteiger partial charge is 0.255 e. The van der Waals surface area contributed by atoms with Gasteiger partial charge in [0.2, 0.25) is 5.91 Å². The van der Waals surface area contributed by atoms with Gasteiger partial charge in [0.05, 0.1) is 24.3 Å². The third kappa shape index (κ3) is 5.39. The van der Waals surface area contributed by atoms with E-state index < -0.39 is 0 Å². The van der Waals surface area contributed by atoms with Crippen LogP contribution in [0.2, 0.25) is 0 Å². The maximum atomic E-state index is 13.0. The fourth-order valence-corrected chi connectivity index (χ4v) is 3.58. The Morgan fingerprint density at radius 2 is 1.81 bits per heavy atom. The van der Waals surface area contributed by atoms with Crippen LogP contribution in [0, 0.1) is 11.7 Å². The molecule has 0 spiro atoms. The molecule has 168 valence electrons. The van der Waals surface area contributed by atoms with Gasteiger partial charge < -0.3 is 25.3 Å². The molecule has 0 aromatic heterocycles. The molecule has 2 amide bonds. The number of carbonyl (C=O) groups is 2. The number of hydrogen-bond donors (Lipinski definition) is 2. The molecule has 2 heterocycles. The highest BCUT2D eigenvalue weighted by atomic mass is 19.1. The Bertz CT molecular complexity index is 943. The summed E-state index contributed by atoms with van der Waals surface area (Å²) in [4.78, 5) is 22.7. The molecule has 3 N–H and O–H groups in total. The van der Waals surface area contributed by atoms with E-state index >= 15 is 0 Å². The molecular weight excluding hydrogens is 403 g/mol. The van der Waals surface area contributed by atoms with Crippen LogP contribution in [0.15, 0.2) is 48.5 Å². The van der Waals surface area contributed by atoms with E-state index in [1.165, 1.54) is 24.3 Å². The highest BCUT2D eigenvalue weighted by Gasteiger charge is 2.42. The maximum Gasteiger partial charge on any atom is 0.255 e. The number of ether oxygens (including phenoxy) is 3. The summed E-state index contributed by atoms with van der Waals surface area (Å²) in [5, 5.41) is 2.97. The van der Waals surface area contributed by atoms with Crippen LogP contribution in [0.25, 0.3) is 0 Å². The number of amides is 2. The first kappa shape index (κ1) is 21.3. The lowest BCUT2D eigenvalue weighted by Crippen LogP contribution is -2.43. The summed E-state index contributed by atoms with van der Waals surface area (Å²) in [6.07, 6.45) is 2.89. The van der Waals surface area contributed by atoms with Crippen LogP contribution in [0.5, 0.6) is 11.5 Å². The molecular formula is C23H29FN2O5. The second kappa shape index (κ2) is 9.45. The molecule has 0 unspecified atom stereocenters. The van der Waals surface area contributed by atoms with Gasteiger partial charge in [-0.2, -0.15) is 0 Å². The Kier molecular flexibility index (Phi) is 6.48. The van der Waals surface area contributed by atoms with Crippen LogP contribution in [0.3, 0.4) is 0 Å². The summed E-state index contributed by atoms with van der Waals surface area (Å²) in [5.41, 5.74) is 5.27. The van der Waals surface area contributed by atoms with Crippen molar-refractivity contribution in [1.29, 1.82) is 0 Å². The number of rotatable bonds is 5. The molecule has 7 nitrogen and oxygen atoms in total. The number of nitrogens with two attached hydrogens (primary N) is 1. The normalized spacial score (nSPS) is 24.0. The average Bonchev–Trinajstić information content (AvgIpc) is 3.41. The average molecular weight is 432 g/mol. The van der Waals surface area contributed by atoms with Crippen LogP contribution in [-0.2, 0) is 14.3 Å². The van der Waals surface area contributed by atoms with Crippen molar-refractivity contribution in [1.82, 2.24) is 5.32 Å². The summed E-state index contributed by atoms with van der Waals surface area (Å²) in [6.45, 7) is 1.11. The van der Waals surface area contributed by atoms with E-state index in [-0.39, 0.29) is 44.7 Å². The van der Waals surface area contributed by atoms with Crippen molar-refractivity contribution in [3.05, 3.63) is 59.9 Å². The standard InChI is InChI=1S/C19H18FNO4.C4H7NO.2H2/c20-12-5-7-13(8-6-12)25-16-4-2-1-3-14(16)19(22)21-15-11-24-17-9-10-23-18(15)17;5-4(6)3-1-2-3;;/h1-8,15,17-18H,9-11H2,(H,21,22);3H,1-2H2,(H2,5,6);2*1H/t15-,17+,18+;;;/m0.../s1. The van der Waals surface area contributed by atoms with Gasteiger partial charge in [-0.05, 0) is 55.7 Å². The fraction of sp³-hybridized carbons (Fsp3) is 0.391. The van der Waals surface area contributed by atoms with E-state index in [2.05, 4.69) is 5.32 Å². The van der Waals surface area contributed by atoms with Crippen molar-refractivity contribution < 1.29 is 31.0 Å². The van der Waals surface area contributed by atoms with E-state index in [0.29, 0.717) is 30.3 Å². The monoisotopic (exact) mass is 432 g/mol. The lowest BCUT2D eigenvalue weighted by atomic mass is 10.1. The number of primary amides is 1. The number of fused-ring (bicyclic) bond motifs is 1. The van der Waals surface area contributed by atoms with E-state index in [9.17, 15) is 14.0 Å². The molecule has 1 saturated carbocycles. The van der Waals surface area contributed by atoms with Crippen molar-refractivity contribution in [3.63, 3.8) is 0 Å². The molecule has 31 heavy (non-hydrogen) atoms. The zero-order valence-electron chi connectivity index (χ0n) is 17.0. The maximum absolute atomic E-state index is 13.0. The Balaban J connectivity index is 0.000000422. The molecule has 0 bridgehead atoms. The van der Waals surface area contributed by atoms with Crippen LogP contribution in [-0.4, -0.2) is 43.3 Å². The highest BCUT2D eigenvalue weighted by Crippen LogP contribution is 2.29. The second-order valence-corrected chi connectivity index (χ2v) is 7.80. The summed E-state index contributed by atoms with van der Waals surface area (Å²) in [6, 6.07) is 12.4. The minimum atomic E-state index is -0.342. The minimum Gasteiger partial charge on any atom is -0.457 e. The van der Waals surface area contributed by atoms with E-state index in [1.54, 1.807) is 24.3 Å². The van der Waals surface area contributed by atoms with Gasteiger partial charge in [0.1, 0.15) is 23.4 Å². The van der Waals surface area contributed by atoms with Crippen LogP contribution < -0.4 is 15.8 Å². The summed E-state index contributed by atoms with van der Waals surface area (Å²) >= 11 is 0. The number of halogens is 1. The first-order valence-corrected chi connectivity index (χ1v) is 10.4. The van der Waals surface area contributed by atoms with Gasteiger partial charge in [0, 0.05) is 15.4 Å². The number of carbonyl (C=O) groups excluding carboxylic acids is 2. The number of para-hydroxylation sites is 1. The van der Waals surface area contributed by atoms with E-state index in [1.807, 2.05) is 0 Å². The van der Waals surface area contributed by atoms with Gasteiger partial charge in [-0.3, -0.25) is 9.59 Å². The molecule has 8 heteroatoms. The number of benzene rings is 2. The molecule has 3 fully saturated rings. The molecule has 5 rings (SSSR count). The zero-order valence-corrected chi connectivity index (χ0v) is 17.0. The molecule has 2 saturated heterocycles. The molecule has 2 aromatic rings. The topological polar surface area (TPSA) is 99.9 Å². The van der Waals surface area contributed by atoms with Gasteiger partial charge in [-0.25, -0.2) is 4.39 Å². The Morgan fingerprint density at radius 3 is 2.48 bits per heavy atom. The van der Waals surface area contributed by atoms with Crippen LogP contribution in [0.1, 0.15) is 32.5 Å². The van der Waals surface area contributed by atoms with E-state index in [0.717, 1.165) is 19.3 Å². The molecule has 1 aliphatic carbocycles. The third-order valence-corrected chi connectivity index (χ3v) is 5.43. The number of hydrogen-bond acceptors (Lipinski definition) is 5. The van der Waals surface area contributed by atoms with Crippen molar-refractivity contribution in [3.8, 4) is 11.5 Å². The first-order chi connectivity index (χ1) is 15.0. The van der Waals surface area contributed by atoms with Crippen molar-refractivity contribution in [2.75, 3.05) is 13.2 Å². The first-order valence-electron chi connectivity index (χ1n) is 10.4. The largest absolute Gasteiger partial charge is 0.457 e. The Morgan fingerprint density at radius 1 is 1.06 bits per heavy atom. The van der Waals surface area contributed by atoms with Gasteiger partial charge in [-0.15, -0.1) is 0 Å². The van der Waals surface area contributed by atoms with E-state index in [4.69, 9.17) is 19.9 Å². The van der Waals surface area contributed by atoms with Crippen LogP contribution in [0.4, 0.5) is 4.39 Å². The van der Waals surface area contributed by atoms with Crippen molar-refractivity contribution in [2.24, 2.45) is 11.7 Å². The summed E-state index contributed by atoms with van der Waals surface area (Å²) in [5.74, 6) is 0.396. The quantitative estimate of drug-likeness (QED) is 0.755. The minimum absolute atomic E-state index is 0. The van der Waals surface area contributed by atoms with Gasteiger partial charge in [0.15, 0.2) is 0 Å². The second-order valence-electron chi connectivity index (χ2n) is 7.80. The lowest BCUT2D eigenvalue weighted by molar-refractivity contribution is -0.119. The van der Waals surface area contributed by atoms with Gasteiger partial charge in [-0.1, -0.05) is 12.1 Å². The lowest BCUT2D eigenvalue weighted by Gasteiger charge is -2.18. The molecule has 0 radical (unpaired) electrons. The van der Waals surface area contributed by atoms with Gasteiger partial charge in [0.25, 0.3) is 5.91 Å². The Labute approximate surface area is 182 Å². The summed E-state index contributed by atoms with van der Waals surface area (Å²) < 4.78 is 30.1. The highest BCUT2D eigenvalue weighted by molar-refractivity contribution is 5.97. The Hall–Kier alpha value is -2.97. The van der Waals surface area contributed by atoms with Crippen LogP contribution >= 0.6 is 0 Å². The predicted molar refractivity (Wildman–Crippen MR) is 114 cm³/mol. The molecule has 3 atom stereocenters. The molecule has 3 aliphatic rings. The molecule has 2 aliphatic heterocycles. The fourth-order valence-electron chi connectivity index (χ4n) is 3.58. The van der Waals surface area contributed by atoms with Gasteiger partial charge >= 0.3 is 0 Å². The van der Waals surface area contributed by atoms with Crippen molar-refractivity contribution >= 4 is 11.8 Å². The summed E-state index contributed by atoms with van der Waals surface area (Å²) in [7, 11) is 0. The zero-order chi connectivity index (χ0) is 21.8. The predicted octanol–water partition coefficient (Wildman–Crippen LogP) is 3.28. The molecule has 2 aromatic carbocycles. The SMILES string of the molecule is NC(=O)C1CC1.O=C(N[C@H]1CO[C@@H]2CCO[C@H]12)c1ccccc1Oc1ccc(F)cc1.[HH].[HH]. The third-order valence-electron chi connectivity index (χ3n) is 5.43. The van der Waals surface area contributed by atoms with Crippen molar-refractivity contribution in [2.45, 2.75) is 37.5 Å². The number of nitrogens with one attached hydrogen (secondary N) is 1.